The van der Waals surface area contributed by atoms with Crippen LogP contribution < -0.4 is 10.6 Å². The van der Waals surface area contributed by atoms with E-state index in [1.807, 2.05) is 46.6 Å². The van der Waals surface area contributed by atoms with E-state index in [1.165, 1.54) is 0 Å². The van der Waals surface area contributed by atoms with Gasteiger partial charge in [0, 0.05) is 18.8 Å². The second kappa shape index (κ2) is 9.17. The lowest BCUT2D eigenvalue weighted by atomic mass is 10.1. The van der Waals surface area contributed by atoms with Gasteiger partial charge in [0.2, 0.25) is 0 Å². The summed E-state index contributed by atoms with van der Waals surface area (Å²) in [7, 11) is 0. The van der Waals surface area contributed by atoms with Crippen LogP contribution in [0.4, 0.5) is 0 Å². The van der Waals surface area contributed by atoms with Crippen LogP contribution in [0.25, 0.3) is 10.6 Å². The molecule has 1 aromatic carbocycles. The van der Waals surface area contributed by atoms with E-state index in [4.69, 9.17) is 5.10 Å². The molecule has 1 aliphatic heterocycles. The Balaban J connectivity index is 0.00000210. The van der Waals surface area contributed by atoms with Crippen molar-refractivity contribution in [3.05, 3.63) is 65.2 Å². The minimum absolute atomic E-state index is 0. The Labute approximate surface area is 169 Å². The molecule has 3 aromatic rings. The maximum Gasteiger partial charge on any atom is 0.255 e. The zero-order chi connectivity index (χ0) is 17.8. The molecule has 0 saturated carbocycles. The van der Waals surface area contributed by atoms with Crippen molar-refractivity contribution in [1.82, 2.24) is 20.4 Å². The molecule has 3 heterocycles. The van der Waals surface area contributed by atoms with Crippen molar-refractivity contribution in [2.24, 2.45) is 0 Å². The fourth-order valence-electron chi connectivity index (χ4n) is 3.27. The van der Waals surface area contributed by atoms with Crippen LogP contribution in [-0.2, 0) is 6.54 Å². The topological polar surface area (TPSA) is 59.0 Å². The quantitative estimate of drug-likeness (QED) is 0.686. The molecule has 1 saturated heterocycles. The highest BCUT2D eigenvalue weighted by molar-refractivity contribution is 7.13. The summed E-state index contributed by atoms with van der Waals surface area (Å²) in [4.78, 5) is 13.9. The first-order valence-electron chi connectivity index (χ1n) is 8.96. The third-order valence-electron chi connectivity index (χ3n) is 4.58. The third-order valence-corrected chi connectivity index (χ3v) is 5.46. The van der Waals surface area contributed by atoms with Crippen LogP contribution in [-0.4, -0.2) is 34.8 Å². The summed E-state index contributed by atoms with van der Waals surface area (Å²) in [5.74, 6) is -0.0404. The molecule has 1 atom stereocenters. The minimum atomic E-state index is -0.0404. The van der Waals surface area contributed by atoms with Crippen LogP contribution in [0.5, 0.6) is 0 Å². The predicted molar refractivity (Wildman–Crippen MR) is 112 cm³/mol. The number of benzene rings is 1. The summed E-state index contributed by atoms with van der Waals surface area (Å²) < 4.78 is 1.86. The summed E-state index contributed by atoms with van der Waals surface area (Å²) in [6.45, 7) is 2.51. The average molecular weight is 403 g/mol. The molecule has 5 nitrogen and oxygen atoms in total. The molecular weight excluding hydrogens is 380 g/mol. The SMILES string of the molecule is Cl.O=C(N[C@H]1CCCNC1)c1cn(Cc2ccccc2)nc1-c1cccs1. The van der Waals surface area contributed by atoms with Gasteiger partial charge in [0.25, 0.3) is 5.91 Å². The Bertz CT molecular complexity index is 858. The van der Waals surface area contributed by atoms with Gasteiger partial charge in [-0.05, 0) is 36.4 Å². The van der Waals surface area contributed by atoms with Gasteiger partial charge in [0.1, 0.15) is 5.69 Å². The van der Waals surface area contributed by atoms with E-state index in [1.54, 1.807) is 11.3 Å². The van der Waals surface area contributed by atoms with E-state index in [0.29, 0.717) is 12.1 Å². The molecule has 2 aromatic heterocycles. The molecule has 1 amide bonds. The standard InChI is InChI=1S/C20H22N4OS.ClH/c25-20(22-16-8-4-10-21-12-16)17-14-24(13-15-6-2-1-3-7-15)23-19(17)18-9-5-11-26-18;/h1-3,5-7,9,11,14,16,21H,4,8,10,12-13H2,(H,22,25);1H/t16-;/m0./s1. The fraction of sp³-hybridized carbons (Fsp3) is 0.300. The van der Waals surface area contributed by atoms with Crippen LogP contribution in [0, 0.1) is 0 Å². The zero-order valence-electron chi connectivity index (χ0n) is 14.9. The number of amides is 1. The molecule has 0 unspecified atom stereocenters. The van der Waals surface area contributed by atoms with Crippen LogP contribution >= 0.6 is 23.7 Å². The highest BCUT2D eigenvalue weighted by Gasteiger charge is 2.22. The molecule has 0 bridgehead atoms. The number of hydrogen-bond donors (Lipinski definition) is 2. The summed E-state index contributed by atoms with van der Waals surface area (Å²) in [6.07, 6.45) is 3.98. The number of carbonyl (C=O) groups excluding carboxylic acids is 1. The Hall–Kier alpha value is -2.15. The molecule has 1 fully saturated rings. The molecular formula is C20H23ClN4OS. The van der Waals surface area contributed by atoms with E-state index >= 15 is 0 Å². The van der Waals surface area contributed by atoms with Gasteiger partial charge < -0.3 is 10.6 Å². The maximum absolute atomic E-state index is 12.9. The number of thiophene rings is 1. The summed E-state index contributed by atoms with van der Waals surface area (Å²) in [5.41, 5.74) is 2.57. The third kappa shape index (κ3) is 4.77. The number of nitrogens with zero attached hydrogens (tertiary/aromatic N) is 2. The van der Waals surface area contributed by atoms with Crippen molar-refractivity contribution in [2.45, 2.75) is 25.4 Å². The van der Waals surface area contributed by atoms with Crippen LogP contribution in [0.2, 0.25) is 0 Å². The van der Waals surface area contributed by atoms with E-state index in [2.05, 4.69) is 22.8 Å². The largest absolute Gasteiger partial charge is 0.348 e. The minimum Gasteiger partial charge on any atom is -0.348 e. The number of halogens is 1. The van der Waals surface area contributed by atoms with Gasteiger partial charge in [-0.25, -0.2) is 0 Å². The molecule has 7 heteroatoms. The number of carbonyl (C=O) groups is 1. The van der Waals surface area contributed by atoms with E-state index in [9.17, 15) is 4.79 Å². The fourth-order valence-corrected chi connectivity index (χ4v) is 4.00. The van der Waals surface area contributed by atoms with Gasteiger partial charge in [0.15, 0.2) is 0 Å². The lowest BCUT2D eigenvalue weighted by Crippen LogP contribution is -2.45. The monoisotopic (exact) mass is 402 g/mol. The second-order valence-electron chi connectivity index (χ2n) is 6.57. The molecule has 4 rings (SSSR count). The average Bonchev–Trinajstić information content (AvgIpc) is 3.33. The molecule has 0 spiro atoms. The van der Waals surface area contributed by atoms with Crippen molar-refractivity contribution in [3.8, 4) is 10.6 Å². The first-order chi connectivity index (χ1) is 12.8. The lowest BCUT2D eigenvalue weighted by Gasteiger charge is -2.23. The second-order valence-corrected chi connectivity index (χ2v) is 7.52. The maximum atomic E-state index is 12.9. The van der Waals surface area contributed by atoms with Gasteiger partial charge in [-0.15, -0.1) is 23.7 Å². The van der Waals surface area contributed by atoms with Crippen molar-refractivity contribution in [1.29, 1.82) is 0 Å². The Morgan fingerprint density at radius 3 is 2.81 bits per heavy atom. The Morgan fingerprint density at radius 1 is 1.26 bits per heavy atom. The number of hydrogen-bond acceptors (Lipinski definition) is 4. The smallest absolute Gasteiger partial charge is 0.255 e. The zero-order valence-corrected chi connectivity index (χ0v) is 16.6. The molecule has 2 N–H and O–H groups in total. The summed E-state index contributed by atoms with van der Waals surface area (Å²) in [6, 6.07) is 14.4. The van der Waals surface area contributed by atoms with Crippen LogP contribution in [0.1, 0.15) is 28.8 Å². The van der Waals surface area contributed by atoms with Gasteiger partial charge in [-0.1, -0.05) is 36.4 Å². The molecule has 1 aliphatic rings. The Kier molecular flexibility index (Phi) is 6.66. The number of piperidine rings is 1. The highest BCUT2D eigenvalue weighted by atomic mass is 35.5. The summed E-state index contributed by atoms with van der Waals surface area (Å²) in [5, 5.41) is 13.2. The highest BCUT2D eigenvalue weighted by Crippen LogP contribution is 2.27. The first-order valence-corrected chi connectivity index (χ1v) is 9.84. The van der Waals surface area contributed by atoms with Crippen molar-refractivity contribution >= 4 is 29.7 Å². The van der Waals surface area contributed by atoms with Gasteiger partial charge >= 0.3 is 0 Å². The molecule has 142 valence electrons. The van der Waals surface area contributed by atoms with Gasteiger partial charge in [-0.2, -0.15) is 5.10 Å². The molecule has 0 aliphatic carbocycles. The van der Waals surface area contributed by atoms with Crippen LogP contribution in [0.15, 0.2) is 54.0 Å². The van der Waals surface area contributed by atoms with Crippen molar-refractivity contribution < 1.29 is 4.79 Å². The number of rotatable bonds is 5. The van der Waals surface area contributed by atoms with E-state index < -0.39 is 0 Å². The van der Waals surface area contributed by atoms with Gasteiger partial charge in [-0.3, -0.25) is 9.48 Å². The van der Waals surface area contributed by atoms with E-state index in [-0.39, 0.29) is 24.4 Å². The predicted octanol–water partition coefficient (Wildman–Crippen LogP) is 3.56. The lowest BCUT2D eigenvalue weighted by molar-refractivity contribution is 0.0931. The van der Waals surface area contributed by atoms with Crippen molar-refractivity contribution in [3.63, 3.8) is 0 Å². The molecule has 27 heavy (non-hydrogen) atoms. The molecule has 0 radical (unpaired) electrons. The normalized spacial score (nSPS) is 16.5. The Morgan fingerprint density at radius 2 is 2.11 bits per heavy atom. The van der Waals surface area contributed by atoms with Crippen molar-refractivity contribution in [2.75, 3.05) is 13.1 Å². The van der Waals surface area contributed by atoms with Gasteiger partial charge in [0.05, 0.1) is 17.0 Å². The van der Waals surface area contributed by atoms with Crippen LogP contribution in [0.3, 0.4) is 0 Å². The first kappa shape index (κ1) is 19.6. The number of nitrogens with one attached hydrogen (secondary N) is 2. The van der Waals surface area contributed by atoms with E-state index in [0.717, 1.165) is 42.1 Å². The summed E-state index contributed by atoms with van der Waals surface area (Å²) >= 11 is 1.61. The number of aromatic nitrogens is 2.